The zero-order chi connectivity index (χ0) is 37.3. The number of aliphatic hydroxyl groups is 1. The molecule has 1 fully saturated rings. The number of hydrogen-bond acceptors (Lipinski definition) is 7. The number of carbonyl (C=O) groups excluding carboxylic acids is 2. The largest absolute Gasteiger partial charge is 0.494 e. The van der Waals surface area contributed by atoms with Crippen molar-refractivity contribution in [3.63, 3.8) is 0 Å². The van der Waals surface area contributed by atoms with E-state index < -0.39 is 82.1 Å². The van der Waals surface area contributed by atoms with Crippen molar-refractivity contribution in [3.8, 4) is 22.8 Å². The fourth-order valence-electron chi connectivity index (χ4n) is 6.26. The first kappa shape index (κ1) is 34.8. The quantitative estimate of drug-likeness (QED) is 0.166. The molecule has 0 saturated heterocycles. The van der Waals surface area contributed by atoms with Gasteiger partial charge in [0.1, 0.15) is 57.8 Å². The predicted molar refractivity (Wildman–Crippen MR) is 173 cm³/mol. The molecule has 16 heteroatoms. The highest BCUT2D eigenvalue weighted by molar-refractivity contribution is 6.00. The number of aromatic nitrogens is 3. The summed E-state index contributed by atoms with van der Waals surface area (Å²) in [5, 5.41) is 20.2. The van der Waals surface area contributed by atoms with E-state index in [-0.39, 0.29) is 40.6 Å². The monoisotopic (exact) mass is 725 g/mol. The molecule has 52 heavy (non-hydrogen) atoms. The summed E-state index contributed by atoms with van der Waals surface area (Å²) in [5.74, 6) is -5.87. The van der Waals surface area contributed by atoms with E-state index in [9.17, 15) is 36.6 Å². The van der Waals surface area contributed by atoms with Crippen molar-refractivity contribution >= 4 is 22.7 Å². The first-order chi connectivity index (χ1) is 24.5. The summed E-state index contributed by atoms with van der Waals surface area (Å²) in [6.07, 6.45) is -1.54. The number of nitrogens with zero attached hydrogens (tertiary/aromatic N) is 3. The Hall–Kier alpha value is -5.64. The SMILES string of the molecule is COc1cc(C(=O)NC[C@@](O)(c2cccc(F)c2)c2cc3c(c(-c4cc(C(F)(F)F)c(F)cc4F)n2)OC[C@]3(C)C(N)=O)cc2cn(C3CC3)nc12. The second-order valence-corrected chi connectivity index (χ2v) is 13.0. The van der Waals surface area contributed by atoms with Crippen LogP contribution >= 0.6 is 0 Å². The molecule has 0 unspecified atom stereocenters. The number of pyridine rings is 1. The van der Waals surface area contributed by atoms with Crippen LogP contribution in [-0.2, 0) is 22.0 Å². The Kier molecular flexibility index (Phi) is 8.20. The number of hydrogen-bond donors (Lipinski definition) is 3. The molecular formula is C36H29F6N5O5. The number of carbonyl (C=O) groups is 2. The van der Waals surface area contributed by atoms with Gasteiger partial charge >= 0.3 is 6.18 Å². The molecule has 0 spiro atoms. The standard InChI is InChI=1S/C36H29F6N5O5/c1-34(33(43)49)16-52-31-24(34)12-28(45-30(31)22-11-23(36(40,41)42)26(39)13-25(22)38)35(50,19-4-3-5-20(37)10-19)15-44-32(48)17-8-18-14-47(21-6-7-21)46-29(18)27(9-17)51-2/h3-5,8-14,21,50H,6-7,15-16H2,1-2H3,(H2,43,49)(H,44,48)/t34-,35+/m0/s1. The number of methoxy groups -OCH3 is 1. The molecule has 3 heterocycles. The number of nitrogens with two attached hydrogens (primary N) is 1. The number of primary amides is 1. The molecule has 2 aromatic heterocycles. The normalized spacial score (nSPS) is 18.1. The van der Waals surface area contributed by atoms with Crippen LogP contribution in [0.4, 0.5) is 26.3 Å². The Labute approximate surface area is 291 Å². The third kappa shape index (κ3) is 5.85. The number of fused-ring (bicyclic) bond motifs is 2. The fourth-order valence-corrected chi connectivity index (χ4v) is 6.26. The summed E-state index contributed by atoms with van der Waals surface area (Å²) >= 11 is 0. The van der Waals surface area contributed by atoms with Crippen molar-refractivity contribution in [2.75, 3.05) is 20.3 Å². The Bertz CT molecular complexity index is 2290. The highest BCUT2D eigenvalue weighted by Gasteiger charge is 2.47. The first-order valence-corrected chi connectivity index (χ1v) is 15.9. The smallest absolute Gasteiger partial charge is 0.419 e. The highest BCUT2D eigenvalue weighted by atomic mass is 19.4. The van der Waals surface area contributed by atoms with Crippen molar-refractivity contribution < 1.29 is 50.5 Å². The molecule has 7 rings (SSSR count). The van der Waals surface area contributed by atoms with Crippen LogP contribution in [0.25, 0.3) is 22.2 Å². The average Bonchev–Trinajstić information content (AvgIpc) is 3.76. The molecule has 0 bridgehead atoms. The second-order valence-electron chi connectivity index (χ2n) is 13.0. The van der Waals surface area contributed by atoms with Gasteiger partial charge in [-0.05, 0) is 61.7 Å². The van der Waals surface area contributed by atoms with E-state index in [1.54, 1.807) is 16.9 Å². The van der Waals surface area contributed by atoms with Gasteiger partial charge in [-0.15, -0.1) is 0 Å². The maximum Gasteiger partial charge on any atom is 0.419 e. The van der Waals surface area contributed by atoms with Gasteiger partial charge in [0, 0.05) is 34.3 Å². The number of benzene rings is 3. The fraction of sp³-hybridized carbons (Fsp3) is 0.278. The van der Waals surface area contributed by atoms with Crippen LogP contribution < -0.4 is 20.5 Å². The van der Waals surface area contributed by atoms with Gasteiger partial charge < -0.3 is 25.6 Å². The maximum atomic E-state index is 15.4. The van der Waals surface area contributed by atoms with Crippen LogP contribution in [0.5, 0.6) is 11.5 Å². The summed E-state index contributed by atoms with van der Waals surface area (Å²) < 4.78 is 98.8. The van der Waals surface area contributed by atoms with Crippen molar-refractivity contribution in [1.82, 2.24) is 20.1 Å². The van der Waals surface area contributed by atoms with Gasteiger partial charge in [-0.25, -0.2) is 18.2 Å². The van der Waals surface area contributed by atoms with Gasteiger partial charge in [-0.3, -0.25) is 14.3 Å². The van der Waals surface area contributed by atoms with E-state index in [0.717, 1.165) is 25.0 Å². The van der Waals surface area contributed by atoms with Gasteiger partial charge in [0.25, 0.3) is 5.91 Å². The number of alkyl halides is 3. The molecule has 270 valence electrons. The van der Waals surface area contributed by atoms with E-state index >= 15 is 4.39 Å². The van der Waals surface area contributed by atoms with Gasteiger partial charge in [-0.2, -0.15) is 18.3 Å². The lowest BCUT2D eigenvalue weighted by Crippen LogP contribution is -2.43. The Balaban J connectivity index is 1.37. The van der Waals surface area contributed by atoms with Crippen molar-refractivity contribution in [2.45, 2.75) is 43.0 Å². The Morgan fingerprint density at radius 2 is 1.85 bits per heavy atom. The van der Waals surface area contributed by atoms with Crippen LogP contribution in [-0.4, -0.2) is 51.9 Å². The van der Waals surface area contributed by atoms with Crippen LogP contribution in [0.2, 0.25) is 0 Å². The molecule has 10 nitrogen and oxygen atoms in total. The van der Waals surface area contributed by atoms with E-state index in [2.05, 4.69) is 15.4 Å². The molecule has 1 saturated carbocycles. The molecule has 0 radical (unpaired) electrons. The lowest BCUT2D eigenvalue weighted by atomic mass is 9.80. The minimum absolute atomic E-state index is 0.0274. The van der Waals surface area contributed by atoms with Crippen molar-refractivity contribution in [1.29, 1.82) is 0 Å². The molecule has 2 atom stereocenters. The van der Waals surface area contributed by atoms with Crippen LogP contribution in [0.3, 0.4) is 0 Å². The molecule has 2 amide bonds. The number of amides is 2. The van der Waals surface area contributed by atoms with Gasteiger partial charge in [0.15, 0.2) is 0 Å². The van der Waals surface area contributed by atoms with Crippen molar-refractivity contribution in [2.24, 2.45) is 5.73 Å². The van der Waals surface area contributed by atoms with Gasteiger partial charge in [0.2, 0.25) is 5.91 Å². The van der Waals surface area contributed by atoms with Gasteiger partial charge in [0.05, 0.1) is 31.0 Å². The third-order valence-electron chi connectivity index (χ3n) is 9.46. The van der Waals surface area contributed by atoms with Crippen LogP contribution in [0, 0.1) is 17.5 Å². The average molecular weight is 726 g/mol. The lowest BCUT2D eigenvalue weighted by Gasteiger charge is -2.30. The Morgan fingerprint density at radius 3 is 2.50 bits per heavy atom. The Morgan fingerprint density at radius 1 is 1.10 bits per heavy atom. The minimum atomic E-state index is -5.25. The maximum absolute atomic E-state index is 15.4. The first-order valence-electron chi connectivity index (χ1n) is 15.9. The van der Waals surface area contributed by atoms with Crippen molar-refractivity contribution in [3.05, 3.63) is 106 Å². The zero-order valence-electron chi connectivity index (χ0n) is 27.4. The van der Waals surface area contributed by atoms with Gasteiger partial charge in [-0.1, -0.05) is 12.1 Å². The molecule has 1 aliphatic carbocycles. The van der Waals surface area contributed by atoms with Crippen LogP contribution in [0.15, 0.2) is 60.8 Å². The minimum Gasteiger partial charge on any atom is -0.494 e. The summed E-state index contributed by atoms with van der Waals surface area (Å²) in [4.78, 5) is 30.7. The van der Waals surface area contributed by atoms with E-state index in [1.165, 1.54) is 38.3 Å². The van der Waals surface area contributed by atoms with E-state index in [0.29, 0.717) is 16.7 Å². The van der Waals surface area contributed by atoms with E-state index in [1.807, 2.05) is 0 Å². The molecule has 3 aromatic carbocycles. The number of ether oxygens (including phenoxy) is 2. The summed E-state index contributed by atoms with van der Waals surface area (Å²) in [6, 6.07) is 9.22. The molecule has 5 aromatic rings. The summed E-state index contributed by atoms with van der Waals surface area (Å²) in [6.45, 7) is 0.187. The number of nitrogens with one attached hydrogen (secondary N) is 1. The zero-order valence-corrected chi connectivity index (χ0v) is 27.4. The van der Waals surface area contributed by atoms with E-state index in [4.69, 9.17) is 15.2 Å². The topological polar surface area (TPSA) is 142 Å². The number of rotatable bonds is 9. The van der Waals surface area contributed by atoms with Crippen LogP contribution in [0.1, 0.15) is 58.5 Å². The summed E-state index contributed by atoms with van der Waals surface area (Å²) in [7, 11) is 1.41. The molecule has 1 aliphatic heterocycles. The second kappa shape index (κ2) is 12.3. The highest BCUT2D eigenvalue weighted by Crippen LogP contribution is 2.48. The molecule has 2 aliphatic rings. The molecule has 4 N–H and O–H groups in total. The third-order valence-corrected chi connectivity index (χ3v) is 9.46. The predicted octanol–water partition coefficient (Wildman–Crippen LogP) is 5.68. The molecular weight excluding hydrogens is 696 g/mol. The lowest BCUT2D eigenvalue weighted by molar-refractivity contribution is -0.140. The number of halogens is 6. The summed E-state index contributed by atoms with van der Waals surface area (Å²) in [5.41, 5.74) is -1.89.